The smallest absolute Gasteiger partial charge is 0.323 e. The number of hydrogen-bond donors (Lipinski definition) is 1. The van der Waals surface area contributed by atoms with Crippen molar-refractivity contribution in [2.24, 2.45) is 0 Å². The first-order valence-corrected chi connectivity index (χ1v) is 7.36. The van der Waals surface area contributed by atoms with Crippen LogP contribution in [0.1, 0.15) is 57.7 Å². The van der Waals surface area contributed by atoms with Crippen LogP contribution in [0.4, 0.5) is 0 Å². The van der Waals surface area contributed by atoms with Crippen molar-refractivity contribution in [3.05, 3.63) is 11.7 Å². The van der Waals surface area contributed by atoms with Gasteiger partial charge in [0, 0.05) is 6.42 Å². The highest BCUT2D eigenvalue weighted by Gasteiger charge is 2.41. The van der Waals surface area contributed by atoms with E-state index in [0.29, 0.717) is 18.9 Å². The van der Waals surface area contributed by atoms with Crippen LogP contribution < -0.4 is 0 Å². The lowest BCUT2D eigenvalue weighted by Crippen LogP contribution is -2.54. The van der Waals surface area contributed by atoms with Crippen molar-refractivity contribution in [2.45, 2.75) is 64.5 Å². The summed E-state index contributed by atoms with van der Waals surface area (Å²) in [6.07, 6.45) is 5.57. The van der Waals surface area contributed by atoms with Crippen molar-refractivity contribution in [1.82, 2.24) is 15.0 Å². The third kappa shape index (κ3) is 3.17. The molecule has 0 spiro atoms. The van der Waals surface area contributed by atoms with Crippen LogP contribution in [0, 0.1) is 0 Å². The van der Waals surface area contributed by atoms with Gasteiger partial charge in [0.05, 0.1) is 6.54 Å². The molecule has 0 bridgehead atoms. The Bertz CT molecular complexity index is 460. The van der Waals surface area contributed by atoms with Gasteiger partial charge in [-0.05, 0) is 39.2 Å². The van der Waals surface area contributed by atoms with Crippen LogP contribution >= 0.6 is 0 Å². The molecule has 1 saturated heterocycles. The molecule has 1 atom stereocenters. The van der Waals surface area contributed by atoms with Gasteiger partial charge >= 0.3 is 5.97 Å². The number of hydrogen-bond acceptors (Lipinski definition) is 5. The number of carboxylic acid groups (broad SMARTS) is 1. The quantitative estimate of drug-likeness (QED) is 0.861. The molecule has 6 nitrogen and oxygen atoms in total. The summed E-state index contributed by atoms with van der Waals surface area (Å²) in [4.78, 5) is 17.8. The molecule has 20 heavy (non-hydrogen) atoms. The van der Waals surface area contributed by atoms with Gasteiger partial charge < -0.3 is 9.63 Å². The molecule has 0 amide bonds. The predicted molar refractivity (Wildman–Crippen MR) is 73.2 cm³/mol. The average molecular weight is 281 g/mol. The van der Waals surface area contributed by atoms with E-state index in [4.69, 9.17) is 4.52 Å². The standard InChI is InChI=1S/C14H23N3O3/c1-3-4-7-11-15-12(20-16-11)10-17-9-6-5-8-14(17,2)13(18)19/h3-10H2,1-2H3,(H,18,19). The zero-order chi connectivity index (χ0) is 14.6. The molecule has 1 aromatic heterocycles. The summed E-state index contributed by atoms with van der Waals surface area (Å²) in [5.74, 6) is 0.462. The van der Waals surface area contributed by atoms with Crippen LogP contribution in [0.15, 0.2) is 4.52 Å². The number of likely N-dealkylation sites (tertiary alicyclic amines) is 1. The zero-order valence-electron chi connectivity index (χ0n) is 12.3. The van der Waals surface area contributed by atoms with E-state index >= 15 is 0 Å². The Labute approximate surface area is 119 Å². The molecule has 1 fully saturated rings. The number of piperidine rings is 1. The first-order valence-electron chi connectivity index (χ1n) is 7.36. The molecule has 1 N–H and O–H groups in total. The summed E-state index contributed by atoms with van der Waals surface area (Å²) >= 11 is 0. The highest BCUT2D eigenvalue weighted by Crippen LogP contribution is 2.29. The molecular weight excluding hydrogens is 258 g/mol. The van der Waals surface area contributed by atoms with Crippen LogP contribution in [-0.4, -0.2) is 38.2 Å². The van der Waals surface area contributed by atoms with Gasteiger partial charge in [-0.3, -0.25) is 9.69 Å². The van der Waals surface area contributed by atoms with Crippen molar-refractivity contribution < 1.29 is 14.4 Å². The minimum absolute atomic E-state index is 0.419. The Balaban J connectivity index is 2.03. The second-order valence-electron chi connectivity index (χ2n) is 5.67. The van der Waals surface area contributed by atoms with E-state index in [0.717, 1.165) is 44.5 Å². The van der Waals surface area contributed by atoms with Gasteiger partial charge in [-0.1, -0.05) is 18.5 Å². The van der Waals surface area contributed by atoms with Crippen LogP contribution in [-0.2, 0) is 17.8 Å². The summed E-state index contributed by atoms with van der Waals surface area (Å²) in [7, 11) is 0. The molecule has 0 aromatic carbocycles. The van der Waals surface area contributed by atoms with Gasteiger partial charge in [-0.2, -0.15) is 4.98 Å². The van der Waals surface area contributed by atoms with E-state index in [1.54, 1.807) is 6.92 Å². The van der Waals surface area contributed by atoms with Gasteiger partial charge in [0.2, 0.25) is 5.89 Å². The van der Waals surface area contributed by atoms with E-state index in [9.17, 15) is 9.90 Å². The van der Waals surface area contributed by atoms with Crippen molar-refractivity contribution in [3.8, 4) is 0 Å². The van der Waals surface area contributed by atoms with E-state index < -0.39 is 11.5 Å². The first kappa shape index (κ1) is 15.0. The number of unbranched alkanes of at least 4 members (excludes halogenated alkanes) is 1. The maximum atomic E-state index is 11.5. The molecule has 6 heteroatoms. The third-order valence-corrected chi connectivity index (χ3v) is 4.09. The fraction of sp³-hybridized carbons (Fsp3) is 0.786. The largest absolute Gasteiger partial charge is 0.480 e. The second-order valence-corrected chi connectivity index (χ2v) is 5.67. The second kappa shape index (κ2) is 6.35. The molecule has 1 unspecified atom stereocenters. The van der Waals surface area contributed by atoms with Crippen molar-refractivity contribution in [3.63, 3.8) is 0 Å². The van der Waals surface area contributed by atoms with Crippen molar-refractivity contribution >= 4 is 5.97 Å². The van der Waals surface area contributed by atoms with E-state index in [1.165, 1.54) is 0 Å². The fourth-order valence-corrected chi connectivity index (χ4v) is 2.63. The summed E-state index contributed by atoms with van der Waals surface area (Å²) in [6.45, 7) is 5.08. The molecule has 1 aliphatic heterocycles. The maximum absolute atomic E-state index is 11.5. The van der Waals surface area contributed by atoms with E-state index in [1.807, 2.05) is 4.90 Å². The van der Waals surface area contributed by atoms with Gasteiger partial charge in [0.25, 0.3) is 0 Å². The SMILES string of the molecule is CCCCc1noc(CN2CCCCC2(C)C(=O)O)n1. The predicted octanol–water partition coefficient (Wildman–Crippen LogP) is 2.24. The summed E-state index contributed by atoms with van der Waals surface area (Å²) in [6, 6.07) is 0. The van der Waals surface area contributed by atoms with Crippen LogP contribution in [0.5, 0.6) is 0 Å². The Hall–Kier alpha value is -1.43. The van der Waals surface area contributed by atoms with Crippen LogP contribution in [0.25, 0.3) is 0 Å². The van der Waals surface area contributed by atoms with Crippen LogP contribution in [0.2, 0.25) is 0 Å². The monoisotopic (exact) mass is 281 g/mol. The normalized spacial score (nSPS) is 23.9. The third-order valence-electron chi connectivity index (χ3n) is 4.09. The summed E-state index contributed by atoms with van der Waals surface area (Å²) in [5.41, 5.74) is -0.823. The lowest BCUT2D eigenvalue weighted by atomic mass is 9.88. The summed E-state index contributed by atoms with van der Waals surface area (Å²) in [5, 5.41) is 13.4. The van der Waals surface area contributed by atoms with Crippen molar-refractivity contribution in [1.29, 1.82) is 0 Å². The Morgan fingerprint density at radius 2 is 2.30 bits per heavy atom. The molecule has 2 heterocycles. The number of aliphatic carboxylic acids is 1. The summed E-state index contributed by atoms with van der Waals surface area (Å²) < 4.78 is 5.24. The zero-order valence-corrected chi connectivity index (χ0v) is 12.3. The number of carboxylic acids is 1. The van der Waals surface area contributed by atoms with Crippen molar-refractivity contribution in [2.75, 3.05) is 6.54 Å². The molecule has 1 aromatic rings. The van der Waals surface area contributed by atoms with Gasteiger partial charge in [-0.15, -0.1) is 0 Å². The average Bonchev–Trinajstić information content (AvgIpc) is 2.86. The van der Waals surface area contributed by atoms with Gasteiger partial charge in [-0.25, -0.2) is 0 Å². The minimum Gasteiger partial charge on any atom is -0.480 e. The number of carbonyl (C=O) groups is 1. The number of aromatic nitrogens is 2. The van der Waals surface area contributed by atoms with Gasteiger partial charge in [0.15, 0.2) is 5.82 Å². The number of aryl methyl sites for hydroxylation is 1. The first-order chi connectivity index (χ1) is 9.56. The minimum atomic E-state index is -0.823. The fourth-order valence-electron chi connectivity index (χ4n) is 2.63. The Morgan fingerprint density at radius 1 is 1.50 bits per heavy atom. The Kier molecular flexibility index (Phi) is 4.75. The molecule has 0 radical (unpaired) electrons. The van der Waals surface area contributed by atoms with E-state index in [-0.39, 0.29) is 0 Å². The molecule has 112 valence electrons. The molecular formula is C14H23N3O3. The highest BCUT2D eigenvalue weighted by atomic mass is 16.5. The maximum Gasteiger partial charge on any atom is 0.323 e. The molecule has 1 aliphatic rings. The lowest BCUT2D eigenvalue weighted by Gasteiger charge is -2.40. The number of nitrogens with zero attached hydrogens (tertiary/aromatic N) is 3. The number of rotatable bonds is 6. The van der Waals surface area contributed by atoms with Crippen LogP contribution in [0.3, 0.4) is 0 Å². The molecule has 2 rings (SSSR count). The molecule has 0 saturated carbocycles. The topological polar surface area (TPSA) is 79.5 Å². The molecule has 0 aliphatic carbocycles. The Morgan fingerprint density at radius 3 is 3.00 bits per heavy atom. The van der Waals surface area contributed by atoms with E-state index in [2.05, 4.69) is 17.1 Å². The lowest BCUT2D eigenvalue weighted by molar-refractivity contribution is -0.153. The highest BCUT2D eigenvalue weighted by molar-refractivity contribution is 5.78. The van der Waals surface area contributed by atoms with Gasteiger partial charge in [0.1, 0.15) is 5.54 Å².